The van der Waals surface area contributed by atoms with Crippen LogP contribution in [0.25, 0.3) is 0 Å². The van der Waals surface area contributed by atoms with Crippen molar-refractivity contribution in [2.75, 3.05) is 0 Å². The zero-order chi connectivity index (χ0) is 8.27. The summed E-state index contributed by atoms with van der Waals surface area (Å²) in [6.07, 6.45) is 3.53. The largest absolute Gasteiger partial charge is 0.458 e. The molecule has 0 amide bonds. The molecule has 0 aromatic carbocycles. The number of carbonyl (C=O) groups excluding carboxylic acids is 1. The average Bonchev–Trinajstić information content (AvgIpc) is 2.13. The molecule has 1 heterocycles. The molecule has 2 heteroatoms. The number of hydrogen-bond acceptors (Lipinski definition) is 2. The van der Waals surface area contributed by atoms with Crippen LogP contribution in [-0.4, -0.2) is 12.1 Å². The predicted molar refractivity (Wildman–Crippen MR) is 43.2 cm³/mol. The first-order valence-corrected chi connectivity index (χ1v) is 4.05. The maximum atomic E-state index is 10.9. The molecule has 0 spiro atoms. The Hall–Kier alpha value is -0.790. The Morgan fingerprint density at radius 2 is 2.36 bits per heavy atom. The number of carbonyl (C=O) groups is 1. The fourth-order valence-corrected chi connectivity index (χ4v) is 1.22. The molecule has 2 nitrogen and oxygen atoms in total. The van der Waals surface area contributed by atoms with Gasteiger partial charge < -0.3 is 4.74 Å². The maximum absolute atomic E-state index is 10.9. The van der Waals surface area contributed by atoms with E-state index in [-0.39, 0.29) is 12.1 Å². The van der Waals surface area contributed by atoms with E-state index >= 15 is 0 Å². The van der Waals surface area contributed by atoms with Crippen molar-refractivity contribution in [2.45, 2.75) is 38.7 Å². The SMILES string of the molecule is C=C(C)C1CCCCC(=O)O1. The van der Waals surface area contributed by atoms with Gasteiger partial charge in [0, 0.05) is 6.42 Å². The van der Waals surface area contributed by atoms with E-state index in [4.69, 9.17) is 4.74 Å². The first-order valence-electron chi connectivity index (χ1n) is 4.05. The van der Waals surface area contributed by atoms with Crippen LogP contribution < -0.4 is 0 Å². The van der Waals surface area contributed by atoms with Crippen molar-refractivity contribution in [3.63, 3.8) is 0 Å². The summed E-state index contributed by atoms with van der Waals surface area (Å²) in [5.41, 5.74) is 0.959. The number of cyclic esters (lactones) is 1. The van der Waals surface area contributed by atoms with Gasteiger partial charge in [-0.1, -0.05) is 6.58 Å². The molecule has 0 aromatic heterocycles. The van der Waals surface area contributed by atoms with Crippen molar-refractivity contribution in [1.82, 2.24) is 0 Å². The highest BCUT2D eigenvalue weighted by Crippen LogP contribution is 2.18. The zero-order valence-corrected chi connectivity index (χ0v) is 6.93. The lowest BCUT2D eigenvalue weighted by Gasteiger charge is -2.13. The van der Waals surface area contributed by atoms with Gasteiger partial charge in [0.05, 0.1) is 0 Å². The first-order chi connectivity index (χ1) is 5.20. The molecule has 0 bridgehead atoms. The molecule has 0 radical (unpaired) electrons. The van der Waals surface area contributed by atoms with Crippen molar-refractivity contribution in [3.8, 4) is 0 Å². The molecule has 1 saturated heterocycles. The molecule has 0 N–H and O–H groups in total. The van der Waals surface area contributed by atoms with Crippen molar-refractivity contribution >= 4 is 5.97 Å². The Balaban J connectivity index is 2.52. The van der Waals surface area contributed by atoms with E-state index in [0.29, 0.717) is 6.42 Å². The monoisotopic (exact) mass is 154 g/mol. The van der Waals surface area contributed by atoms with Crippen molar-refractivity contribution in [3.05, 3.63) is 12.2 Å². The molecule has 11 heavy (non-hydrogen) atoms. The van der Waals surface area contributed by atoms with Gasteiger partial charge in [-0.3, -0.25) is 4.79 Å². The van der Waals surface area contributed by atoms with Gasteiger partial charge in [0.25, 0.3) is 0 Å². The second kappa shape index (κ2) is 3.56. The third-order valence-corrected chi connectivity index (χ3v) is 1.92. The van der Waals surface area contributed by atoms with Gasteiger partial charge in [-0.25, -0.2) is 0 Å². The normalized spacial score (nSPS) is 25.5. The lowest BCUT2D eigenvalue weighted by Crippen LogP contribution is -2.15. The van der Waals surface area contributed by atoms with Gasteiger partial charge in [-0.15, -0.1) is 0 Å². The number of esters is 1. The van der Waals surface area contributed by atoms with Gasteiger partial charge in [0.1, 0.15) is 6.10 Å². The van der Waals surface area contributed by atoms with Crippen LogP contribution >= 0.6 is 0 Å². The van der Waals surface area contributed by atoms with Crippen LogP contribution in [0.5, 0.6) is 0 Å². The predicted octanol–water partition coefficient (Wildman–Crippen LogP) is 2.05. The zero-order valence-electron chi connectivity index (χ0n) is 6.93. The highest BCUT2D eigenvalue weighted by molar-refractivity contribution is 5.70. The van der Waals surface area contributed by atoms with Crippen LogP contribution in [-0.2, 0) is 9.53 Å². The summed E-state index contributed by atoms with van der Waals surface area (Å²) in [5.74, 6) is -0.0736. The second-order valence-corrected chi connectivity index (χ2v) is 3.07. The molecular weight excluding hydrogens is 140 g/mol. The Kier molecular flexibility index (Phi) is 2.69. The summed E-state index contributed by atoms with van der Waals surface area (Å²) in [6, 6.07) is 0. The minimum atomic E-state index is -0.0736. The molecule has 62 valence electrons. The molecule has 0 aliphatic carbocycles. The molecule has 1 rings (SSSR count). The number of hydrogen-bond donors (Lipinski definition) is 0. The van der Waals surface area contributed by atoms with Crippen LogP contribution in [0.2, 0.25) is 0 Å². The Morgan fingerprint density at radius 1 is 1.64 bits per heavy atom. The van der Waals surface area contributed by atoms with Crippen LogP contribution in [0.1, 0.15) is 32.6 Å². The van der Waals surface area contributed by atoms with Crippen LogP contribution in [0.15, 0.2) is 12.2 Å². The summed E-state index contributed by atoms with van der Waals surface area (Å²) in [6.45, 7) is 5.68. The lowest BCUT2D eigenvalue weighted by atomic mass is 10.1. The lowest BCUT2D eigenvalue weighted by molar-refractivity contribution is -0.146. The van der Waals surface area contributed by atoms with E-state index in [9.17, 15) is 4.79 Å². The van der Waals surface area contributed by atoms with Crippen LogP contribution in [0.4, 0.5) is 0 Å². The van der Waals surface area contributed by atoms with Crippen molar-refractivity contribution in [2.24, 2.45) is 0 Å². The average molecular weight is 154 g/mol. The third kappa shape index (κ3) is 2.37. The minimum Gasteiger partial charge on any atom is -0.458 e. The van der Waals surface area contributed by atoms with Crippen LogP contribution in [0.3, 0.4) is 0 Å². The topological polar surface area (TPSA) is 26.3 Å². The summed E-state index contributed by atoms with van der Waals surface area (Å²) in [4.78, 5) is 10.9. The molecule has 1 atom stereocenters. The van der Waals surface area contributed by atoms with E-state index in [1.165, 1.54) is 0 Å². The van der Waals surface area contributed by atoms with Gasteiger partial charge in [-0.05, 0) is 31.8 Å². The van der Waals surface area contributed by atoms with E-state index in [2.05, 4.69) is 6.58 Å². The molecule has 1 aliphatic heterocycles. The quantitative estimate of drug-likeness (QED) is 0.427. The van der Waals surface area contributed by atoms with E-state index in [1.807, 2.05) is 6.92 Å². The standard InChI is InChI=1S/C9H14O2/c1-7(2)8-5-3-4-6-9(10)11-8/h8H,1,3-6H2,2H3. The smallest absolute Gasteiger partial charge is 0.306 e. The Bertz CT molecular complexity index is 172. The van der Waals surface area contributed by atoms with Crippen LogP contribution in [0, 0.1) is 0 Å². The molecular formula is C9H14O2. The first kappa shape index (κ1) is 8.31. The Labute approximate surface area is 67.2 Å². The third-order valence-electron chi connectivity index (χ3n) is 1.92. The fourth-order valence-electron chi connectivity index (χ4n) is 1.22. The summed E-state index contributed by atoms with van der Waals surface area (Å²) >= 11 is 0. The van der Waals surface area contributed by atoms with E-state index in [0.717, 1.165) is 24.8 Å². The molecule has 1 unspecified atom stereocenters. The molecule has 0 aromatic rings. The molecule has 0 saturated carbocycles. The number of rotatable bonds is 1. The molecule has 1 fully saturated rings. The van der Waals surface area contributed by atoms with Gasteiger partial charge in [0.2, 0.25) is 0 Å². The highest BCUT2D eigenvalue weighted by atomic mass is 16.5. The number of ether oxygens (including phenoxy) is 1. The summed E-state index contributed by atoms with van der Waals surface area (Å²) < 4.78 is 5.13. The van der Waals surface area contributed by atoms with Crippen molar-refractivity contribution in [1.29, 1.82) is 0 Å². The summed E-state index contributed by atoms with van der Waals surface area (Å²) in [5, 5.41) is 0. The van der Waals surface area contributed by atoms with Crippen molar-refractivity contribution < 1.29 is 9.53 Å². The minimum absolute atomic E-state index is 0.0231. The molecule has 1 aliphatic rings. The summed E-state index contributed by atoms with van der Waals surface area (Å²) in [7, 11) is 0. The van der Waals surface area contributed by atoms with E-state index in [1.54, 1.807) is 0 Å². The van der Waals surface area contributed by atoms with Gasteiger partial charge in [-0.2, -0.15) is 0 Å². The fraction of sp³-hybridized carbons (Fsp3) is 0.667. The van der Waals surface area contributed by atoms with E-state index < -0.39 is 0 Å². The highest BCUT2D eigenvalue weighted by Gasteiger charge is 2.18. The van der Waals surface area contributed by atoms with Gasteiger partial charge in [0.15, 0.2) is 0 Å². The van der Waals surface area contributed by atoms with Gasteiger partial charge >= 0.3 is 5.97 Å². The second-order valence-electron chi connectivity index (χ2n) is 3.07. The maximum Gasteiger partial charge on any atom is 0.306 e. The Morgan fingerprint density at radius 3 is 3.00 bits per heavy atom.